The van der Waals surface area contributed by atoms with Crippen LogP contribution in [0.4, 0.5) is 43.9 Å². The van der Waals surface area contributed by atoms with E-state index in [-0.39, 0.29) is 9.35 Å². The van der Waals surface area contributed by atoms with Gasteiger partial charge in [-0.05, 0) is 0 Å². The topological polar surface area (TPSA) is 165 Å². The van der Waals surface area contributed by atoms with Gasteiger partial charge in [0.15, 0.2) is 34.0 Å². The van der Waals surface area contributed by atoms with E-state index in [9.17, 15) is 26.3 Å². The standard InChI is InChI=1S/C12H7F6N11/c13-11(14,15)8-24-2-4(19)22-1-23-6(2)28(8)29-7-3(5(20)26-10(21)27-7)25-9(29)12(16,17)18/h1H,(H2,19,22,23)(H4,20,21,26,27). The van der Waals surface area contributed by atoms with Crippen LogP contribution in [0.25, 0.3) is 22.3 Å². The highest BCUT2D eigenvalue weighted by Gasteiger charge is 2.44. The summed E-state index contributed by atoms with van der Waals surface area (Å²) in [5.74, 6) is -5.20. The van der Waals surface area contributed by atoms with Gasteiger partial charge < -0.3 is 17.2 Å². The molecule has 0 atom stereocenters. The van der Waals surface area contributed by atoms with E-state index in [1.165, 1.54) is 0 Å². The number of hydrogen-bond donors (Lipinski definition) is 3. The van der Waals surface area contributed by atoms with Crippen molar-refractivity contribution in [2.75, 3.05) is 17.2 Å². The average Bonchev–Trinajstić information content (AvgIpc) is 3.13. The lowest BCUT2D eigenvalue weighted by Crippen LogP contribution is -2.26. The molecule has 0 saturated carbocycles. The summed E-state index contributed by atoms with van der Waals surface area (Å²) >= 11 is 0. The molecule has 0 aliphatic rings. The smallest absolute Gasteiger partial charge is 0.382 e. The minimum absolute atomic E-state index is 0.00826. The van der Waals surface area contributed by atoms with Crippen LogP contribution >= 0.6 is 0 Å². The Bertz CT molecular complexity index is 1270. The van der Waals surface area contributed by atoms with Gasteiger partial charge in [-0.3, -0.25) is 0 Å². The molecule has 0 spiro atoms. The number of alkyl halides is 6. The fourth-order valence-corrected chi connectivity index (χ4v) is 2.63. The number of nitrogen functional groups attached to an aromatic ring is 3. The molecule has 0 aliphatic carbocycles. The Kier molecular flexibility index (Phi) is 3.53. The van der Waals surface area contributed by atoms with Crippen molar-refractivity contribution in [2.24, 2.45) is 0 Å². The Balaban J connectivity index is 2.27. The van der Waals surface area contributed by atoms with E-state index in [1.807, 2.05) is 0 Å². The van der Waals surface area contributed by atoms with Gasteiger partial charge in [0, 0.05) is 0 Å². The van der Waals surface area contributed by atoms with E-state index >= 15 is 0 Å². The number of nitrogens with two attached hydrogens (primary N) is 3. The summed E-state index contributed by atoms with van der Waals surface area (Å²) in [6, 6.07) is 0. The molecule has 4 rings (SSSR count). The first-order chi connectivity index (χ1) is 13.4. The molecule has 0 unspecified atom stereocenters. The molecule has 17 heteroatoms. The minimum Gasteiger partial charge on any atom is -0.382 e. The maximum absolute atomic E-state index is 13.6. The number of rotatable bonds is 1. The summed E-state index contributed by atoms with van der Waals surface area (Å²) in [6.07, 6.45) is -9.67. The third-order valence-corrected chi connectivity index (χ3v) is 3.69. The number of fused-ring (bicyclic) bond motifs is 2. The van der Waals surface area contributed by atoms with E-state index in [4.69, 9.17) is 17.2 Å². The van der Waals surface area contributed by atoms with Crippen LogP contribution < -0.4 is 17.2 Å². The van der Waals surface area contributed by atoms with Gasteiger partial charge >= 0.3 is 12.4 Å². The zero-order valence-electron chi connectivity index (χ0n) is 13.7. The molecule has 29 heavy (non-hydrogen) atoms. The van der Waals surface area contributed by atoms with Gasteiger partial charge in [0.1, 0.15) is 6.33 Å². The second-order valence-electron chi connectivity index (χ2n) is 5.56. The molecule has 4 aromatic heterocycles. The zero-order chi connectivity index (χ0) is 21.3. The predicted octanol–water partition coefficient (Wildman–Crippen LogP) is 1.06. The van der Waals surface area contributed by atoms with E-state index < -0.39 is 63.9 Å². The molecular weight excluding hydrogens is 412 g/mol. The van der Waals surface area contributed by atoms with Crippen LogP contribution in [-0.2, 0) is 12.4 Å². The Hall–Kier alpha value is -3.92. The van der Waals surface area contributed by atoms with Crippen LogP contribution in [-0.4, -0.2) is 39.3 Å². The summed E-state index contributed by atoms with van der Waals surface area (Å²) in [5, 5.41) is 0. The molecule has 0 fully saturated rings. The van der Waals surface area contributed by atoms with Gasteiger partial charge in [0.25, 0.3) is 0 Å². The summed E-state index contributed by atoms with van der Waals surface area (Å²) in [5.41, 5.74) is 13.8. The molecule has 152 valence electrons. The van der Waals surface area contributed by atoms with Crippen molar-refractivity contribution >= 4 is 39.9 Å². The van der Waals surface area contributed by atoms with E-state index in [0.717, 1.165) is 6.33 Å². The maximum atomic E-state index is 13.6. The molecule has 0 saturated heterocycles. The van der Waals surface area contributed by atoms with Crippen molar-refractivity contribution in [1.29, 1.82) is 0 Å². The second-order valence-corrected chi connectivity index (χ2v) is 5.56. The first kappa shape index (κ1) is 18.4. The van der Waals surface area contributed by atoms with E-state index in [0.29, 0.717) is 0 Å². The first-order valence-corrected chi connectivity index (χ1v) is 7.35. The third-order valence-electron chi connectivity index (χ3n) is 3.69. The highest BCUT2D eigenvalue weighted by Crippen LogP contribution is 2.37. The fourth-order valence-electron chi connectivity index (χ4n) is 2.63. The van der Waals surface area contributed by atoms with Crippen LogP contribution in [0.15, 0.2) is 6.33 Å². The van der Waals surface area contributed by atoms with Gasteiger partial charge in [-0.1, -0.05) is 0 Å². The minimum atomic E-state index is -5.22. The Morgan fingerprint density at radius 2 is 1.17 bits per heavy atom. The predicted molar refractivity (Wildman–Crippen MR) is 84.7 cm³/mol. The van der Waals surface area contributed by atoms with Gasteiger partial charge in [-0.15, -0.1) is 0 Å². The largest absolute Gasteiger partial charge is 0.451 e. The van der Waals surface area contributed by atoms with Crippen LogP contribution in [0.1, 0.15) is 11.6 Å². The third kappa shape index (κ3) is 2.69. The quantitative estimate of drug-likeness (QED) is 0.383. The van der Waals surface area contributed by atoms with Crippen molar-refractivity contribution < 1.29 is 26.3 Å². The Labute approximate surface area is 154 Å². The number of hydrogen-bond acceptors (Lipinski definition) is 9. The molecular formula is C12H7F6N11. The van der Waals surface area contributed by atoms with Gasteiger partial charge in [-0.25, -0.2) is 29.3 Å². The van der Waals surface area contributed by atoms with Crippen molar-refractivity contribution in [3.05, 3.63) is 18.0 Å². The van der Waals surface area contributed by atoms with Crippen LogP contribution in [0.3, 0.4) is 0 Å². The van der Waals surface area contributed by atoms with Gasteiger partial charge in [0.2, 0.25) is 17.6 Å². The molecule has 6 N–H and O–H groups in total. The molecule has 0 aromatic carbocycles. The van der Waals surface area contributed by atoms with Crippen LogP contribution in [0.2, 0.25) is 0 Å². The number of halogens is 6. The SMILES string of the molecule is Nc1nc(N)c2nc(C(F)(F)F)n(-n3c(C(F)(F)F)nc4c(N)ncnc43)c2n1. The number of imidazole rings is 2. The number of anilines is 3. The summed E-state index contributed by atoms with van der Waals surface area (Å²) in [6.45, 7) is 0. The Morgan fingerprint density at radius 3 is 1.72 bits per heavy atom. The van der Waals surface area contributed by atoms with E-state index in [1.54, 1.807) is 0 Å². The molecule has 0 radical (unpaired) electrons. The van der Waals surface area contributed by atoms with E-state index in [2.05, 4.69) is 29.9 Å². The van der Waals surface area contributed by atoms with Crippen molar-refractivity contribution in [1.82, 2.24) is 39.3 Å². The van der Waals surface area contributed by atoms with Crippen molar-refractivity contribution in [2.45, 2.75) is 12.4 Å². The normalized spacial score (nSPS) is 12.9. The Morgan fingerprint density at radius 1 is 0.655 bits per heavy atom. The second kappa shape index (κ2) is 5.55. The summed E-state index contributed by atoms with van der Waals surface area (Å²) < 4.78 is 81.8. The first-order valence-electron chi connectivity index (χ1n) is 7.35. The molecule has 11 nitrogen and oxygen atoms in total. The number of aromatic nitrogens is 8. The molecule has 0 bridgehead atoms. The average molecular weight is 419 g/mol. The zero-order valence-corrected chi connectivity index (χ0v) is 13.7. The van der Waals surface area contributed by atoms with Crippen molar-refractivity contribution in [3.8, 4) is 0 Å². The van der Waals surface area contributed by atoms with Gasteiger partial charge in [-0.2, -0.15) is 36.3 Å². The monoisotopic (exact) mass is 419 g/mol. The molecule has 0 amide bonds. The van der Waals surface area contributed by atoms with Gasteiger partial charge in [0.05, 0.1) is 0 Å². The lowest BCUT2D eigenvalue weighted by atomic mass is 10.5. The summed E-state index contributed by atoms with van der Waals surface area (Å²) in [4.78, 5) is 20.7. The molecule has 4 aromatic rings. The number of nitrogens with zero attached hydrogens (tertiary/aromatic N) is 8. The fraction of sp³-hybridized carbons (Fsp3) is 0.167. The molecule has 4 heterocycles. The lowest BCUT2D eigenvalue weighted by molar-refractivity contribution is -0.154. The highest BCUT2D eigenvalue weighted by molar-refractivity contribution is 5.85. The van der Waals surface area contributed by atoms with Crippen molar-refractivity contribution in [3.63, 3.8) is 0 Å². The maximum Gasteiger partial charge on any atom is 0.451 e. The molecule has 0 aliphatic heterocycles. The summed E-state index contributed by atoms with van der Waals surface area (Å²) in [7, 11) is 0. The van der Waals surface area contributed by atoms with Crippen LogP contribution in [0, 0.1) is 0 Å². The highest BCUT2D eigenvalue weighted by atomic mass is 19.4. The van der Waals surface area contributed by atoms with Crippen LogP contribution in [0.5, 0.6) is 0 Å². The lowest BCUT2D eigenvalue weighted by Gasteiger charge is -2.15.